The molecule has 0 radical (unpaired) electrons. The molecule has 0 atom stereocenters. The third kappa shape index (κ3) is 4.83. The first kappa shape index (κ1) is 21.2. The number of aromatic nitrogens is 2. The van der Waals surface area contributed by atoms with Gasteiger partial charge in [0.05, 0.1) is 28.5 Å². The lowest BCUT2D eigenvalue weighted by atomic mass is 10.0. The number of hydrogen-bond acceptors (Lipinski definition) is 6. The molecule has 2 aromatic carbocycles. The number of nitrogens with zero attached hydrogens (tertiary/aromatic N) is 2. The molecule has 6 nitrogen and oxygen atoms in total. The van der Waals surface area contributed by atoms with E-state index < -0.39 is 0 Å². The van der Waals surface area contributed by atoms with E-state index in [0.29, 0.717) is 29.7 Å². The van der Waals surface area contributed by atoms with Crippen LogP contribution in [0.3, 0.4) is 0 Å². The maximum absolute atomic E-state index is 6.28. The van der Waals surface area contributed by atoms with Gasteiger partial charge in [0.15, 0.2) is 11.5 Å². The second-order valence-corrected chi connectivity index (χ2v) is 8.61. The van der Waals surface area contributed by atoms with E-state index in [0.717, 1.165) is 46.5 Å². The fourth-order valence-corrected chi connectivity index (χ4v) is 4.13. The molecule has 1 aliphatic rings. The zero-order valence-corrected chi connectivity index (χ0v) is 19.4. The van der Waals surface area contributed by atoms with E-state index >= 15 is 0 Å². The van der Waals surface area contributed by atoms with E-state index in [2.05, 4.69) is 32.6 Å². The predicted octanol–water partition coefficient (Wildman–Crippen LogP) is 5.56. The Morgan fingerprint density at radius 3 is 2.73 bits per heavy atom. The average Bonchev–Trinajstić information content (AvgIpc) is 3.21. The maximum Gasteiger partial charge on any atom is 0.317 e. The fourth-order valence-electron chi connectivity index (χ4n) is 3.43. The molecule has 158 valence electrons. The summed E-state index contributed by atoms with van der Waals surface area (Å²) in [5.74, 6) is 1.49. The molecule has 0 saturated heterocycles. The van der Waals surface area contributed by atoms with Crippen molar-refractivity contribution in [3.05, 3.63) is 46.6 Å². The molecule has 0 unspecified atom stereocenters. The number of ether oxygens (including phenoxy) is 3. The Hall–Kier alpha value is -2.00. The summed E-state index contributed by atoms with van der Waals surface area (Å²) in [6, 6.07) is 9.84. The summed E-state index contributed by atoms with van der Waals surface area (Å²) in [7, 11) is 0. The zero-order chi connectivity index (χ0) is 20.9. The Labute approximate surface area is 194 Å². The maximum atomic E-state index is 6.28. The number of halogens is 2. The van der Waals surface area contributed by atoms with Crippen molar-refractivity contribution in [3.8, 4) is 17.5 Å². The molecule has 8 heteroatoms. The number of rotatable bonds is 9. The van der Waals surface area contributed by atoms with Crippen molar-refractivity contribution >= 4 is 50.8 Å². The molecule has 30 heavy (non-hydrogen) atoms. The highest BCUT2D eigenvalue weighted by molar-refractivity contribution is 14.1. The van der Waals surface area contributed by atoms with Crippen LogP contribution < -0.4 is 19.9 Å². The largest absolute Gasteiger partial charge is 0.463 e. The van der Waals surface area contributed by atoms with Gasteiger partial charge in [-0.2, -0.15) is 9.97 Å². The number of nitrogen functional groups attached to an aromatic ring is 1. The van der Waals surface area contributed by atoms with Gasteiger partial charge < -0.3 is 19.9 Å². The number of unbranched alkanes of at least 4 members (excludes halogenated alkanes) is 3. The lowest BCUT2D eigenvalue weighted by molar-refractivity contribution is 0.174. The van der Waals surface area contributed by atoms with Crippen molar-refractivity contribution in [2.75, 3.05) is 23.6 Å². The van der Waals surface area contributed by atoms with Crippen LogP contribution in [0.5, 0.6) is 17.5 Å². The summed E-state index contributed by atoms with van der Waals surface area (Å²) < 4.78 is 18.0. The number of fused-ring (bicyclic) bond motifs is 2. The summed E-state index contributed by atoms with van der Waals surface area (Å²) in [5.41, 5.74) is 9.30. The van der Waals surface area contributed by atoms with Gasteiger partial charge in [-0.25, -0.2) is 0 Å². The number of nitrogens with two attached hydrogens (primary N) is 1. The number of hydrogen-bond donors (Lipinski definition) is 1. The fraction of sp³-hybridized carbons (Fsp3) is 0.364. The van der Waals surface area contributed by atoms with Crippen molar-refractivity contribution < 1.29 is 14.2 Å². The molecule has 0 spiro atoms. The van der Waals surface area contributed by atoms with Gasteiger partial charge in [0.2, 0.25) is 6.79 Å². The van der Waals surface area contributed by atoms with Crippen molar-refractivity contribution in [2.24, 2.45) is 0 Å². The summed E-state index contributed by atoms with van der Waals surface area (Å²) >= 11 is 8.68. The number of alkyl halides is 1. The Kier molecular flexibility index (Phi) is 6.99. The van der Waals surface area contributed by atoms with Crippen molar-refractivity contribution in [2.45, 2.75) is 32.1 Å². The monoisotopic (exact) mass is 539 g/mol. The Morgan fingerprint density at radius 2 is 1.87 bits per heavy atom. The van der Waals surface area contributed by atoms with Gasteiger partial charge in [-0.1, -0.05) is 53.1 Å². The van der Waals surface area contributed by atoms with Crippen LogP contribution in [0.25, 0.3) is 10.9 Å². The quantitative estimate of drug-likeness (QED) is 0.166. The van der Waals surface area contributed by atoms with E-state index in [1.165, 1.54) is 17.3 Å². The first-order chi connectivity index (χ1) is 14.7. The average molecular weight is 540 g/mol. The van der Waals surface area contributed by atoms with Crippen LogP contribution in [0.1, 0.15) is 36.9 Å². The minimum absolute atomic E-state index is 0.244. The zero-order valence-electron chi connectivity index (χ0n) is 16.5. The number of anilines is 1. The minimum Gasteiger partial charge on any atom is -0.463 e. The Balaban J connectivity index is 1.59. The molecular weight excluding hydrogens is 517 g/mol. The van der Waals surface area contributed by atoms with Crippen LogP contribution in [0.4, 0.5) is 5.69 Å². The molecule has 0 fully saturated rings. The van der Waals surface area contributed by atoms with E-state index in [1.807, 2.05) is 24.3 Å². The van der Waals surface area contributed by atoms with Crippen LogP contribution in [0, 0.1) is 0 Å². The topological polar surface area (TPSA) is 79.5 Å². The van der Waals surface area contributed by atoms with Crippen LogP contribution in [-0.4, -0.2) is 27.8 Å². The van der Waals surface area contributed by atoms with Crippen molar-refractivity contribution in [1.82, 2.24) is 9.97 Å². The third-order valence-electron chi connectivity index (χ3n) is 4.97. The molecule has 0 amide bonds. The summed E-state index contributed by atoms with van der Waals surface area (Å²) in [4.78, 5) is 9.23. The van der Waals surface area contributed by atoms with Gasteiger partial charge in [0.1, 0.15) is 0 Å². The molecular formula is C22H23ClIN3O3. The molecule has 1 aliphatic heterocycles. The first-order valence-corrected chi connectivity index (χ1v) is 11.9. The smallest absolute Gasteiger partial charge is 0.317 e. The summed E-state index contributed by atoms with van der Waals surface area (Å²) in [5, 5.41) is 1.25. The Bertz CT molecular complexity index is 1050. The van der Waals surface area contributed by atoms with Crippen LogP contribution in [-0.2, 0) is 6.42 Å². The second-order valence-electron chi connectivity index (χ2n) is 7.12. The Morgan fingerprint density at radius 1 is 1.03 bits per heavy atom. The molecule has 0 aliphatic carbocycles. The highest BCUT2D eigenvalue weighted by Crippen LogP contribution is 2.35. The predicted molar refractivity (Wildman–Crippen MR) is 127 cm³/mol. The number of benzene rings is 2. The van der Waals surface area contributed by atoms with E-state index in [4.69, 9.17) is 31.5 Å². The van der Waals surface area contributed by atoms with Gasteiger partial charge in [-0.05, 0) is 47.1 Å². The molecule has 0 bridgehead atoms. The van der Waals surface area contributed by atoms with E-state index in [1.54, 1.807) is 6.07 Å². The molecule has 2 N–H and O–H groups in total. The van der Waals surface area contributed by atoms with Gasteiger partial charge in [0, 0.05) is 11.8 Å². The lowest BCUT2D eigenvalue weighted by Gasteiger charge is -2.12. The minimum atomic E-state index is 0.244. The van der Waals surface area contributed by atoms with Crippen LogP contribution in [0.2, 0.25) is 5.02 Å². The second kappa shape index (κ2) is 9.87. The molecule has 4 rings (SSSR count). The van der Waals surface area contributed by atoms with Gasteiger partial charge in [0.25, 0.3) is 0 Å². The van der Waals surface area contributed by atoms with E-state index in [-0.39, 0.29) is 6.79 Å². The standard InChI is InChI=1S/C22H23ClIN3O3/c23-15-6-7-16-20(21(15)25)17(11-14-5-8-18-19(12-14)30-13-29-18)27-22(26-16)28-10-4-2-1-3-9-24/h5-8,12H,1-4,9-11,13,25H2. The SMILES string of the molecule is Nc1c(Cl)ccc2nc(OCCCCCCI)nc(Cc3ccc4c(c3)OCO4)c12. The highest BCUT2D eigenvalue weighted by atomic mass is 127. The van der Waals surface area contributed by atoms with Crippen LogP contribution >= 0.6 is 34.2 Å². The van der Waals surface area contributed by atoms with E-state index in [9.17, 15) is 0 Å². The van der Waals surface area contributed by atoms with Crippen LogP contribution in [0.15, 0.2) is 30.3 Å². The summed E-state index contributed by atoms with van der Waals surface area (Å²) in [6.07, 6.45) is 5.13. The first-order valence-electron chi connectivity index (χ1n) is 9.97. The lowest BCUT2D eigenvalue weighted by Crippen LogP contribution is -2.06. The molecule has 2 heterocycles. The molecule has 0 saturated carbocycles. The van der Waals surface area contributed by atoms with Gasteiger partial charge >= 0.3 is 6.01 Å². The molecule has 1 aromatic heterocycles. The third-order valence-corrected chi connectivity index (χ3v) is 6.07. The summed E-state index contributed by atoms with van der Waals surface area (Å²) in [6.45, 7) is 0.840. The van der Waals surface area contributed by atoms with Crippen molar-refractivity contribution in [1.29, 1.82) is 0 Å². The highest BCUT2D eigenvalue weighted by Gasteiger charge is 2.17. The van der Waals surface area contributed by atoms with Gasteiger partial charge in [-0.15, -0.1) is 0 Å². The van der Waals surface area contributed by atoms with Crippen molar-refractivity contribution in [3.63, 3.8) is 0 Å². The normalized spacial score (nSPS) is 12.5. The molecule has 3 aromatic rings. The van der Waals surface area contributed by atoms with Gasteiger partial charge in [-0.3, -0.25) is 0 Å².